The number of hydrogen-bond acceptors (Lipinski definition) is 3. The predicted octanol–water partition coefficient (Wildman–Crippen LogP) is 4.20. The first kappa shape index (κ1) is 20.3. The number of nitrogens with zero attached hydrogens (tertiary/aromatic N) is 1. The summed E-state index contributed by atoms with van der Waals surface area (Å²) in [5.41, 5.74) is 1.08. The normalized spacial score (nSPS) is 28.7. The van der Waals surface area contributed by atoms with Crippen LogP contribution in [0, 0.1) is 23.1 Å². The van der Waals surface area contributed by atoms with Gasteiger partial charge in [0, 0.05) is 25.6 Å². The molecule has 0 N–H and O–H groups in total. The highest BCUT2D eigenvalue weighted by molar-refractivity contribution is 5.76. The Bertz CT molecular complexity index is 633. The van der Waals surface area contributed by atoms with Crippen LogP contribution in [0.5, 0.6) is 0 Å². The standard InChI is InChI=1S/C22H32FNO3/c1-16(2)19-13-22(10-4-11-24(14-22)20(25)9-12-26-3)15-27-21(19)17-5-7-18(23)8-6-17/h5-8,16,19,21H,4,9-15H2,1-3H3/t19-,21-,22+/m0/s1. The fourth-order valence-electron chi connectivity index (χ4n) is 4.69. The Kier molecular flexibility index (Phi) is 6.53. The molecule has 1 aromatic rings. The van der Waals surface area contributed by atoms with Crippen molar-refractivity contribution < 1.29 is 18.7 Å². The smallest absolute Gasteiger partial charge is 0.224 e. The maximum absolute atomic E-state index is 13.3. The van der Waals surface area contributed by atoms with E-state index in [1.807, 2.05) is 17.0 Å². The van der Waals surface area contributed by atoms with Gasteiger partial charge in [-0.15, -0.1) is 0 Å². The fourth-order valence-corrected chi connectivity index (χ4v) is 4.69. The topological polar surface area (TPSA) is 38.8 Å². The number of benzene rings is 1. The van der Waals surface area contributed by atoms with Crippen molar-refractivity contribution in [2.24, 2.45) is 17.3 Å². The lowest BCUT2D eigenvalue weighted by Gasteiger charge is -2.50. The summed E-state index contributed by atoms with van der Waals surface area (Å²) in [5, 5.41) is 0. The van der Waals surface area contributed by atoms with Crippen molar-refractivity contribution in [2.45, 2.75) is 45.6 Å². The molecule has 150 valence electrons. The second-order valence-electron chi connectivity index (χ2n) is 8.56. The van der Waals surface area contributed by atoms with Gasteiger partial charge in [-0.25, -0.2) is 4.39 Å². The number of amides is 1. The van der Waals surface area contributed by atoms with E-state index in [4.69, 9.17) is 9.47 Å². The van der Waals surface area contributed by atoms with E-state index in [2.05, 4.69) is 13.8 Å². The van der Waals surface area contributed by atoms with Gasteiger partial charge in [-0.05, 0) is 48.8 Å². The molecular formula is C22H32FNO3. The van der Waals surface area contributed by atoms with E-state index >= 15 is 0 Å². The molecule has 0 aromatic heterocycles. The number of carbonyl (C=O) groups is 1. The fraction of sp³-hybridized carbons (Fsp3) is 0.682. The summed E-state index contributed by atoms with van der Waals surface area (Å²) in [6, 6.07) is 6.71. The molecule has 1 amide bonds. The lowest BCUT2D eigenvalue weighted by molar-refractivity contribution is -0.151. The highest BCUT2D eigenvalue weighted by atomic mass is 19.1. The number of likely N-dealkylation sites (tertiary alicyclic amines) is 1. The molecule has 1 spiro atoms. The van der Waals surface area contributed by atoms with Crippen molar-refractivity contribution in [3.8, 4) is 0 Å². The summed E-state index contributed by atoms with van der Waals surface area (Å²) in [6.45, 7) is 7.20. The van der Waals surface area contributed by atoms with Crippen molar-refractivity contribution in [1.82, 2.24) is 4.90 Å². The number of carbonyl (C=O) groups excluding carboxylic acids is 1. The summed E-state index contributed by atoms with van der Waals surface area (Å²) >= 11 is 0. The van der Waals surface area contributed by atoms with E-state index in [1.165, 1.54) is 12.1 Å². The molecule has 2 heterocycles. The van der Waals surface area contributed by atoms with Gasteiger partial charge in [0.1, 0.15) is 5.82 Å². The van der Waals surface area contributed by atoms with Gasteiger partial charge in [-0.1, -0.05) is 26.0 Å². The SMILES string of the molecule is COCCC(=O)N1CCC[C@]2(CO[C@@H](c3ccc(F)cc3)[C@H](C(C)C)C2)C1. The zero-order valence-electron chi connectivity index (χ0n) is 16.7. The van der Waals surface area contributed by atoms with Crippen molar-refractivity contribution in [1.29, 1.82) is 0 Å². The van der Waals surface area contributed by atoms with Crippen molar-refractivity contribution >= 4 is 5.91 Å². The monoisotopic (exact) mass is 377 g/mol. The number of ether oxygens (including phenoxy) is 2. The van der Waals surface area contributed by atoms with Crippen LogP contribution in [0.1, 0.15) is 51.2 Å². The molecule has 2 fully saturated rings. The highest BCUT2D eigenvalue weighted by Crippen LogP contribution is 2.48. The van der Waals surface area contributed by atoms with Gasteiger partial charge < -0.3 is 14.4 Å². The van der Waals surface area contributed by atoms with Crippen LogP contribution < -0.4 is 0 Å². The zero-order chi connectivity index (χ0) is 19.4. The minimum atomic E-state index is -0.218. The molecule has 3 rings (SSSR count). The summed E-state index contributed by atoms with van der Waals surface area (Å²) in [4.78, 5) is 14.5. The molecule has 4 nitrogen and oxygen atoms in total. The molecule has 5 heteroatoms. The van der Waals surface area contributed by atoms with Crippen molar-refractivity contribution in [2.75, 3.05) is 33.4 Å². The van der Waals surface area contributed by atoms with Crippen molar-refractivity contribution in [3.05, 3.63) is 35.6 Å². The van der Waals surface area contributed by atoms with Gasteiger partial charge in [-0.3, -0.25) is 4.79 Å². The van der Waals surface area contributed by atoms with E-state index < -0.39 is 0 Å². The molecule has 2 saturated heterocycles. The van der Waals surface area contributed by atoms with Crippen LogP contribution in [-0.2, 0) is 14.3 Å². The maximum atomic E-state index is 13.3. The van der Waals surface area contributed by atoms with Gasteiger partial charge in [-0.2, -0.15) is 0 Å². The molecule has 1 aromatic carbocycles. The van der Waals surface area contributed by atoms with Crippen LogP contribution in [0.2, 0.25) is 0 Å². The summed E-state index contributed by atoms with van der Waals surface area (Å²) in [5.74, 6) is 0.775. The van der Waals surface area contributed by atoms with Crippen LogP contribution in [0.3, 0.4) is 0 Å². The quantitative estimate of drug-likeness (QED) is 0.772. The number of piperidine rings is 1. The number of rotatable bonds is 5. The van der Waals surface area contributed by atoms with E-state index in [0.29, 0.717) is 31.5 Å². The average Bonchev–Trinajstić information content (AvgIpc) is 2.67. The molecule has 0 bridgehead atoms. The third-order valence-corrected chi connectivity index (χ3v) is 6.22. The highest BCUT2D eigenvalue weighted by Gasteiger charge is 2.46. The number of methoxy groups -OCH3 is 1. The minimum Gasteiger partial charge on any atom is -0.384 e. The molecule has 27 heavy (non-hydrogen) atoms. The van der Waals surface area contributed by atoms with E-state index in [1.54, 1.807) is 7.11 Å². The molecule has 0 saturated carbocycles. The van der Waals surface area contributed by atoms with E-state index in [0.717, 1.165) is 37.9 Å². The molecular weight excluding hydrogens is 345 g/mol. The Hall–Kier alpha value is -1.46. The van der Waals surface area contributed by atoms with E-state index in [-0.39, 0.29) is 23.2 Å². The molecule has 0 radical (unpaired) electrons. The second kappa shape index (κ2) is 8.70. The van der Waals surface area contributed by atoms with Crippen LogP contribution in [0.25, 0.3) is 0 Å². The third kappa shape index (κ3) is 4.69. The maximum Gasteiger partial charge on any atom is 0.224 e. The molecule has 3 atom stereocenters. The van der Waals surface area contributed by atoms with Crippen LogP contribution in [0.15, 0.2) is 24.3 Å². The Morgan fingerprint density at radius 1 is 1.37 bits per heavy atom. The Labute approximate surface area is 162 Å². The predicted molar refractivity (Wildman–Crippen MR) is 103 cm³/mol. The van der Waals surface area contributed by atoms with Crippen LogP contribution in [-0.4, -0.2) is 44.2 Å². The third-order valence-electron chi connectivity index (χ3n) is 6.22. The first-order valence-corrected chi connectivity index (χ1v) is 10.1. The lowest BCUT2D eigenvalue weighted by Crippen LogP contribution is -2.52. The van der Waals surface area contributed by atoms with Gasteiger partial charge in [0.25, 0.3) is 0 Å². The Balaban J connectivity index is 1.73. The van der Waals surface area contributed by atoms with Crippen LogP contribution >= 0.6 is 0 Å². The summed E-state index contributed by atoms with van der Waals surface area (Å²) < 4.78 is 24.8. The molecule has 0 aliphatic carbocycles. The molecule has 0 unspecified atom stereocenters. The van der Waals surface area contributed by atoms with Crippen LogP contribution in [0.4, 0.5) is 4.39 Å². The van der Waals surface area contributed by atoms with Gasteiger partial charge in [0.2, 0.25) is 5.91 Å². The van der Waals surface area contributed by atoms with Gasteiger partial charge in [0.15, 0.2) is 0 Å². The number of hydrogen-bond donors (Lipinski definition) is 0. The largest absolute Gasteiger partial charge is 0.384 e. The first-order valence-electron chi connectivity index (χ1n) is 10.1. The average molecular weight is 378 g/mol. The Morgan fingerprint density at radius 3 is 2.78 bits per heavy atom. The zero-order valence-corrected chi connectivity index (χ0v) is 16.7. The minimum absolute atomic E-state index is 0.00389. The first-order chi connectivity index (χ1) is 12.9. The lowest BCUT2D eigenvalue weighted by atomic mass is 9.67. The molecule has 2 aliphatic rings. The summed E-state index contributed by atoms with van der Waals surface area (Å²) in [6.07, 6.45) is 3.60. The van der Waals surface area contributed by atoms with Crippen molar-refractivity contribution in [3.63, 3.8) is 0 Å². The Morgan fingerprint density at radius 2 is 2.11 bits per heavy atom. The van der Waals surface area contributed by atoms with Gasteiger partial charge in [0.05, 0.1) is 25.7 Å². The summed E-state index contributed by atoms with van der Waals surface area (Å²) in [7, 11) is 1.63. The molecule has 2 aliphatic heterocycles. The van der Waals surface area contributed by atoms with E-state index in [9.17, 15) is 9.18 Å². The second-order valence-corrected chi connectivity index (χ2v) is 8.56. The number of halogens is 1. The van der Waals surface area contributed by atoms with Gasteiger partial charge >= 0.3 is 0 Å².